The Hall–Kier alpha value is -0.580. The number of aromatic hydroxyl groups is 1. The van der Waals surface area contributed by atoms with E-state index in [9.17, 15) is 5.11 Å². The molecule has 0 atom stereocenters. The SMILES string of the molecule is CCCN1CCN(Cc2cc(O)ccc2Br)CC1. The molecule has 3 nitrogen and oxygen atoms in total. The molecule has 1 fully saturated rings. The number of nitrogens with zero attached hydrogens (tertiary/aromatic N) is 2. The van der Waals surface area contributed by atoms with E-state index in [1.165, 1.54) is 18.5 Å². The minimum absolute atomic E-state index is 0.345. The number of hydrogen-bond donors (Lipinski definition) is 1. The molecule has 0 saturated carbocycles. The fraction of sp³-hybridized carbons (Fsp3) is 0.571. The van der Waals surface area contributed by atoms with Crippen LogP contribution in [0.4, 0.5) is 0 Å². The van der Waals surface area contributed by atoms with Crippen molar-refractivity contribution in [1.29, 1.82) is 0 Å². The first-order chi connectivity index (χ1) is 8.69. The van der Waals surface area contributed by atoms with Crippen LogP contribution in [0, 0.1) is 0 Å². The van der Waals surface area contributed by atoms with E-state index in [1.807, 2.05) is 12.1 Å². The van der Waals surface area contributed by atoms with Gasteiger partial charge in [0, 0.05) is 37.2 Å². The molecule has 0 aromatic heterocycles. The van der Waals surface area contributed by atoms with Crippen molar-refractivity contribution in [3.8, 4) is 5.75 Å². The lowest BCUT2D eigenvalue weighted by molar-refractivity contribution is 0.127. The molecule has 0 spiro atoms. The molecule has 0 amide bonds. The van der Waals surface area contributed by atoms with E-state index in [1.54, 1.807) is 6.07 Å². The second-order valence-electron chi connectivity index (χ2n) is 4.89. The molecule has 1 saturated heterocycles. The van der Waals surface area contributed by atoms with Gasteiger partial charge in [-0.05, 0) is 36.7 Å². The van der Waals surface area contributed by atoms with Crippen LogP contribution in [0.3, 0.4) is 0 Å². The molecule has 1 N–H and O–H groups in total. The van der Waals surface area contributed by atoms with Crippen molar-refractivity contribution in [2.75, 3.05) is 32.7 Å². The van der Waals surface area contributed by atoms with Crippen LogP contribution in [0.15, 0.2) is 22.7 Å². The maximum Gasteiger partial charge on any atom is 0.115 e. The average molecular weight is 313 g/mol. The minimum atomic E-state index is 0.345. The first-order valence-corrected chi connectivity index (χ1v) is 7.40. The van der Waals surface area contributed by atoms with E-state index in [2.05, 4.69) is 32.7 Å². The van der Waals surface area contributed by atoms with E-state index in [0.717, 1.165) is 37.2 Å². The van der Waals surface area contributed by atoms with Gasteiger partial charge in [0.15, 0.2) is 0 Å². The van der Waals surface area contributed by atoms with Crippen LogP contribution >= 0.6 is 15.9 Å². The number of halogens is 1. The average Bonchev–Trinajstić information content (AvgIpc) is 2.37. The zero-order valence-electron chi connectivity index (χ0n) is 10.9. The number of phenols is 1. The van der Waals surface area contributed by atoms with E-state index in [4.69, 9.17) is 0 Å². The number of benzene rings is 1. The van der Waals surface area contributed by atoms with Gasteiger partial charge in [0.25, 0.3) is 0 Å². The Labute approximate surface area is 118 Å². The molecule has 100 valence electrons. The maximum atomic E-state index is 9.53. The largest absolute Gasteiger partial charge is 0.508 e. The summed E-state index contributed by atoms with van der Waals surface area (Å²) in [5.74, 6) is 0.345. The second kappa shape index (κ2) is 6.55. The lowest BCUT2D eigenvalue weighted by Crippen LogP contribution is -2.46. The van der Waals surface area contributed by atoms with Crippen molar-refractivity contribution in [3.05, 3.63) is 28.2 Å². The van der Waals surface area contributed by atoms with Gasteiger partial charge in [-0.1, -0.05) is 22.9 Å². The fourth-order valence-corrected chi connectivity index (χ4v) is 2.78. The molecule has 1 aromatic rings. The van der Waals surface area contributed by atoms with Crippen LogP contribution in [0.1, 0.15) is 18.9 Å². The molecule has 4 heteroatoms. The monoisotopic (exact) mass is 312 g/mol. The van der Waals surface area contributed by atoms with Crippen LogP contribution in [0.5, 0.6) is 5.75 Å². The summed E-state index contributed by atoms with van der Waals surface area (Å²) >= 11 is 3.55. The molecule has 1 aliphatic rings. The lowest BCUT2D eigenvalue weighted by Gasteiger charge is -2.34. The van der Waals surface area contributed by atoms with Crippen molar-refractivity contribution in [2.24, 2.45) is 0 Å². The first kappa shape index (κ1) is 13.8. The molecule has 0 radical (unpaired) electrons. The van der Waals surface area contributed by atoms with Gasteiger partial charge >= 0.3 is 0 Å². The zero-order chi connectivity index (χ0) is 13.0. The Morgan fingerprint density at radius 3 is 2.50 bits per heavy atom. The summed E-state index contributed by atoms with van der Waals surface area (Å²) < 4.78 is 1.08. The van der Waals surface area contributed by atoms with E-state index < -0.39 is 0 Å². The molecule has 0 bridgehead atoms. The van der Waals surface area contributed by atoms with Crippen molar-refractivity contribution in [1.82, 2.24) is 9.80 Å². The summed E-state index contributed by atoms with van der Waals surface area (Å²) in [6.45, 7) is 8.90. The van der Waals surface area contributed by atoms with Gasteiger partial charge in [-0.2, -0.15) is 0 Å². The summed E-state index contributed by atoms with van der Waals surface area (Å²) in [4.78, 5) is 4.97. The minimum Gasteiger partial charge on any atom is -0.508 e. The summed E-state index contributed by atoms with van der Waals surface area (Å²) in [7, 11) is 0. The van der Waals surface area contributed by atoms with Crippen LogP contribution in [-0.2, 0) is 6.54 Å². The molecular weight excluding hydrogens is 292 g/mol. The lowest BCUT2D eigenvalue weighted by atomic mass is 10.2. The van der Waals surface area contributed by atoms with Gasteiger partial charge in [-0.3, -0.25) is 4.90 Å². The molecule has 1 aliphatic heterocycles. The fourth-order valence-electron chi connectivity index (χ4n) is 2.41. The van der Waals surface area contributed by atoms with Crippen molar-refractivity contribution >= 4 is 15.9 Å². The van der Waals surface area contributed by atoms with Crippen molar-refractivity contribution < 1.29 is 5.11 Å². The number of phenolic OH excluding ortho intramolecular Hbond substituents is 1. The highest BCUT2D eigenvalue weighted by Gasteiger charge is 2.16. The quantitative estimate of drug-likeness (QED) is 0.926. The van der Waals surface area contributed by atoms with Crippen LogP contribution < -0.4 is 0 Å². The van der Waals surface area contributed by atoms with Crippen molar-refractivity contribution in [2.45, 2.75) is 19.9 Å². The Kier molecular flexibility index (Phi) is 5.03. The highest BCUT2D eigenvalue weighted by atomic mass is 79.9. The van der Waals surface area contributed by atoms with Gasteiger partial charge < -0.3 is 10.0 Å². The third-order valence-electron chi connectivity index (χ3n) is 3.43. The normalized spacial score (nSPS) is 18.1. The molecule has 2 rings (SSSR count). The maximum absolute atomic E-state index is 9.53. The number of rotatable bonds is 4. The predicted molar refractivity (Wildman–Crippen MR) is 77.8 cm³/mol. The second-order valence-corrected chi connectivity index (χ2v) is 5.75. The number of hydrogen-bond acceptors (Lipinski definition) is 3. The molecular formula is C14H21BrN2O. The van der Waals surface area contributed by atoms with Gasteiger partial charge in [-0.15, -0.1) is 0 Å². The van der Waals surface area contributed by atoms with Gasteiger partial charge in [-0.25, -0.2) is 0 Å². The molecule has 1 aromatic carbocycles. The van der Waals surface area contributed by atoms with E-state index in [-0.39, 0.29) is 0 Å². The topological polar surface area (TPSA) is 26.7 Å². The summed E-state index contributed by atoms with van der Waals surface area (Å²) in [5.41, 5.74) is 1.17. The predicted octanol–water partition coefficient (Wildman–Crippen LogP) is 2.68. The van der Waals surface area contributed by atoms with Gasteiger partial charge in [0.1, 0.15) is 5.75 Å². The number of piperazine rings is 1. The van der Waals surface area contributed by atoms with Gasteiger partial charge in [0.05, 0.1) is 0 Å². The summed E-state index contributed by atoms with van der Waals surface area (Å²) in [6, 6.07) is 5.48. The third-order valence-corrected chi connectivity index (χ3v) is 4.20. The van der Waals surface area contributed by atoms with Crippen LogP contribution in [-0.4, -0.2) is 47.6 Å². The third kappa shape index (κ3) is 3.70. The molecule has 18 heavy (non-hydrogen) atoms. The zero-order valence-corrected chi connectivity index (χ0v) is 12.5. The highest BCUT2D eigenvalue weighted by Crippen LogP contribution is 2.23. The Bertz CT molecular complexity index is 389. The summed E-state index contributed by atoms with van der Waals surface area (Å²) in [5, 5.41) is 9.53. The van der Waals surface area contributed by atoms with Gasteiger partial charge in [0.2, 0.25) is 0 Å². The van der Waals surface area contributed by atoms with Crippen LogP contribution in [0.25, 0.3) is 0 Å². The van der Waals surface area contributed by atoms with E-state index in [0.29, 0.717) is 5.75 Å². The van der Waals surface area contributed by atoms with E-state index >= 15 is 0 Å². The molecule has 0 unspecified atom stereocenters. The Morgan fingerprint density at radius 2 is 1.83 bits per heavy atom. The van der Waals surface area contributed by atoms with Crippen molar-refractivity contribution in [3.63, 3.8) is 0 Å². The molecule has 1 heterocycles. The molecule has 0 aliphatic carbocycles. The van der Waals surface area contributed by atoms with Crippen LogP contribution in [0.2, 0.25) is 0 Å². The summed E-state index contributed by atoms with van der Waals surface area (Å²) in [6.07, 6.45) is 1.23. The first-order valence-electron chi connectivity index (χ1n) is 6.61. The Morgan fingerprint density at radius 1 is 1.17 bits per heavy atom. The Balaban J connectivity index is 1.89. The standard InChI is InChI=1S/C14H21BrN2O/c1-2-5-16-6-8-17(9-7-16)11-12-10-13(18)3-4-14(12)15/h3-4,10,18H,2,5-9,11H2,1H3. The highest BCUT2D eigenvalue weighted by molar-refractivity contribution is 9.10. The smallest absolute Gasteiger partial charge is 0.115 e.